The van der Waals surface area contributed by atoms with Crippen LogP contribution in [0.2, 0.25) is 0 Å². The number of nitrogens with zero attached hydrogens (tertiary/aromatic N) is 1. The van der Waals surface area contributed by atoms with Gasteiger partial charge in [-0.2, -0.15) is 0 Å². The Morgan fingerprint density at radius 3 is 2.50 bits per heavy atom. The van der Waals surface area contributed by atoms with Gasteiger partial charge in [0.05, 0.1) is 6.54 Å². The lowest BCUT2D eigenvalue weighted by molar-refractivity contribution is 0.0876. The second-order valence-corrected chi connectivity index (χ2v) is 6.68. The molecule has 0 spiro atoms. The third kappa shape index (κ3) is 3.72. The van der Waals surface area contributed by atoms with Gasteiger partial charge in [-0.05, 0) is 38.7 Å². The number of ketones is 1. The summed E-state index contributed by atoms with van der Waals surface area (Å²) in [7, 11) is 0. The Balaban J connectivity index is 2.06. The molecule has 1 N–H and O–H groups in total. The summed E-state index contributed by atoms with van der Waals surface area (Å²) >= 11 is 0. The molecule has 0 bridgehead atoms. The van der Waals surface area contributed by atoms with Gasteiger partial charge in [-0.25, -0.2) is 0 Å². The largest absolute Gasteiger partial charge is 0.362 e. The summed E-state index contributed by atoms with van der Waals surface area (Å²) in [6.07, 6.45) is 5.14. The van der Waals surface area contributed by atoms with Crippen molar-refractivity contribution in [3.05, 3.63) is 23.0 Å². The topological polar surface area (TPSA) is 36.1 Å². The van der Waals surface area contributed by atoms with Crippen molar-refractivity contribution in [3.63, 3.8) is 0 Å². The standard InChI is InChI=1S/C17H28N2O/c1-12(2)10-19(15-7-5-6-8-15)11-17(20)16-9-13(3)18-14(16)4/h9,12,15,18H,5-8,10-11H2,1-4H3. The first kappa shape index (κ1) is 15.3. The van der Waals surface area contributed by atoms with Gasteiger partial charge in [0.25, 0.3) is 0 Å². The van der Waals surface area contributed by atoms with Crippen molar-refractivity contribution in [1.29, 1.82) is 0 Å². The first-order valence-corrected chi connectivity index (χ1v) is 7.91. The van der Waals surface area contributed by atoms with Gasteiger partial charge in [-0.1, -0.05) is 26.7 Å². The average Bonchev–Trinajstić information content (AvgIpc) is 2.97. The van der Waals surface area contributed by atoms with E-state index in [1.54, 1.807) is 0 Å². The van der Waals surface area contributed by atoms with Crippen molar-refractivity contribution in [2.75, 3.05) is 13.1 Å². The first-order valence-electron chi connectivity index (χ1n) is 7.91. The van der Waals surface area contributed by atoms with Gasteiger partial charge in [0.1, 0.15) is 0 Å². The lowest BCUT2D eigenvalue weighted by Crippen LogP contribution is -2.40. The number of aromatic nitrogens is 1. The summed E-state index contributed by atoms with van der Waals surface area (Å²) < 4.78 is 0. The van der Waals surface area contributed by atoms with Gasteiger partial charge < -0.3 is 4.98 Å². The number of hydrogen-bond acceptors (Lipinski definition) is 2. The second kappa shape index (κ2) is 6.57. The third-order valence-corrected chi connectivity index (χ3v) is 4.24. The molecule has 1 heterocycles. The quantitative estimate of drug-likeness (QED) is 0.804. The van der Waals surface area contributed by atoms with Crippen molar-refractivity contribution >= 4 is 5.78 Å². The molecule has 3 nitrogen and oxygen atoms in total. The fourth-order valence-electron chi connectivity index (χ4n) is 3.36. The van der Waals surface area contributed by atoms with Crippen LogP contribution in [0.15, 0.2) is 6.07 Å². The molecule has 1 saturated carbocycles. The minimum absolute atomic E-state index is 0.263. The van der Waals surface area contributed by atoms with Crippen molar-refractivity contribution in [1.82, 2.24) is 9.88 Å². The Morgan fingerprint density at radius 2 is 2.00 bits per heavy atom. The van der Waals surface area contributed by atoms with Crippen molar-refractivity contribution < 1.29 is 4.79 Å². The van der Waals surface area contributed by atoms with Crippen LogP contribution in [-0.4, -0.2) is 34.8 Å². The van der Waals surface area contributed by atoms with Crippen LogP contribution in [0.3, 0.4) is 0 Å². The van der Waals surface area contributed by atoms with Gasteiger partial charge in [0.15, 0.2) is 5.78 Å². The molecule has 20 heavy (non-hydrogen) atoms. The van der Waals surface area contributed by atoms with Crippen LogP contribution in [0.1, 0.15) is 61.3 Å². The molecule has 1 aliphatic carbocycles. The van der Waals surface area contributed by atoms with Gasteiger partial charge in [0, 0.05) is 29.5 Å². The van der Waals surface area contributed by atoms with E-state index in [1.807, 2.05) is 19.9 Å². The van der Waals surface area contributed by atoms with E-state index in [1.165, 1.54) is 25.7 Å². The van der Waals surface area contributed by atoms with Crippen LogP contribution >= 0.6 is 0 Å². The zero-order valence-corrected chi connectivity index (χ0v) is 13.3. The molecule has 1 aliphatic rings. The molecule has 0 radical (unpaired) electrons. The molecular formula is C17H28N2O. The predicted molar refractivity (Wildman–Crippen MR) is 83.3 cm³/mol. The normalized spacial score (nSPS) is 16.5. The maximum Gasteiger partial charge on any atom is 0.178 e. The maximum atomic E-state index is 12.6. The molecule has 0 saturated heterocycles. The highest BCUT2D eigenvalue weighted by molar-refractivity contribution is 5.98. The Kier molecular flexibility index (Phi) is 5.03. The van der Waals surface area contributed by atoms with Crippen LogP contribution in [0.25, 0.3) is 0 Å². The highest BCUT2D eigenvalue weighted by Gasteiger charge is 2.25. The lowest BCUT2D eigenvalue weighted by atomic mass is 10.1. The van der Waals surface area contributed by atoms with Gasteiger partial charge in [0.2, 0.25) is 0 Å². The minimum atomic E-state index is 0.263. The molecule has 0 amide bonds. The molecule has 0 atom stereocenters. The Labute approximate surface area is 122 Å². The third-order valence-electron chi connectivity index (χ3n) is 4.24. The molecule has 0 unspecified atom stereocenters. The SMILES string of the molecule is Cc1cc(C(=O)CN(CC(C)C)C2CCCC2)c(C)[nH]1. The molecule has 0 aromatic carbocycles. The number of rotatable bonds is 6. The summed E-state index contributed by atoms with van der Waals surface area (Å²) in [6, 6.07) is 2.60. The van der Waals surface area contributed by atoms with E-state index in [-0.39, 0.29) is 5.78 Å². The molecular weight excluding hydrogens is 248 g/mol. The van der Waals surface area contributed by atoms with E-state index < -0.39 is 0 Å². The monoisotopic (exact) mass is 276 g/mol. The number of aryl methyl sites for hydroxylation is 2. The maximum absolute atomic E-state index is 12.6. The minimum Gasteiger partial charge on any atom is -0.362 e. The number of nitrogens with one attached hydrogen (secondary N) is 1. The number of H-pyrrole nitrogens is 1. The number of aromatic amines is 1. The van der Waals surface area contributed by atoms with Gasteiger partial charge >= 0.3 is 0 Å². The van der Waals surface area contributed by atoms with Crippen molar-refractivity contribution in [2.24, 2.45) is 5.92 Å². The summed E-state index contributed by atoms with van der Waals surface area (Å²) in [5.74, 6) is 0.872. The highest BCUT2D eigenvalue weighted by atomic mass is 16.1. The second-order valence-electron chi connectivity index (χ2n) is 6.68. The van der Waals surface area contributed by atoms with E-state index in [0.29, 0.717) is 18.5 Å². The number of Topliss-reactive ketones (excluding diaryl/α,β-unsaturated/α-hetero) is 1. The number of carbonyl (C=O) groups excluding carboxylic acids is 1. The van der Waals surface area contributed by atoms with Crippen LogP contribution < -0.4 is 0 Å². The number of hydrogen-bond donors (Lipinski definition) is 1. The molecule has 2 rings (SSSR count). The molecule has 1 aromatic rings. The molecule has 112 valence electrons. The molecule has 1 aromatic heterocycles. The molecule has 0 aliphatic heterocycles. The van der Waals surface area contributed by atoms with E-state index in [9.17, 15) is 4.79 Å². The predicted octanol–water partition coefficient (Wildman–Crippen LogP) is 3.71. The smallest absolute Gasteiger partial charge is 0.178 e. The summed E-state index contributed by atoms with van der Waals surface area (Å²) in [5, 5.41) is 0. The van der Waals surface area contributed by atoms with Crippen molar-refractivity contribution in [2.45, 2.75) is 59.4 Å². The number of carbonyl (C=O) groups is 1. The zero-order valence-electron chi connectivity index (χ0n) is 13.3. The van der Waals surface area contributed by atoms with E-state index in [4.69, 9.17) is 0 Å². The van der Waals surface area contributed by atoms with Crippen LogP contribution in [0.5, 0.6) is 0 Å². The van der Waals surface area contributed by atoms with Crippen LogP contribution in [0.4, 0.5) is 0 Å². The van der Waals surface area contributed by atoms with E-state index in [2.05, 4.69) is 23.7 Å². The fraction of sp³-hybridized carbons (Fsp3) is 0.706. The summed E-state index contributed by atoms with van der Waals surface area (Å²) in [4.78, 5) is 18.2. The first-order chi connectivity index (χ1) is 9.47. The highest BCUT2D eigenvalue weighted by Crippen LogP contribution is 2.24. The Hall–Kier alpha value is -1.09. The average molecular weight is 276 g/mol. The summed E-state index contributed by atoms with van der Waals surface area (Å²) in [5.41, 5.74) is 2.94. The van der Waals surface area contributed by atoms with Crippen LogP contribution in [0, 0.1) is 19.8 Å². The molecule has 3 heteroatoms. The zero-order chi connectivity index (χ0) is 14.7. The summed E-state index contributed by atoms with van der Waals surface area (Å²) in [6.45, 7) is 10.1. The Bertz CT molecular complexity index is 456. The van der Waals surface area contributed by atoms with Gasteiger partial charge in [-0.3, -0.25) is 9.69 Å². The lowest BCUT2D eigenvalue weighted by Gasteiger charge is -2.29. The van der Waals surface area contributed by atoms with Crippen LogP contribution in [-0.2, 0) is 0 Å². The van der Waals surface area contributed by atoms with Crippen molar-refractivity contribution in [3.8, 4) is 0 Å². The Morgan fingerprint density at radius 1 is 1.35 bits per heavy atom. The fourth-order valence-corrected chi connectivity index (χ4v) is 3.36. The van der Waals surface area contributed by atoms with E-state index in [0.717, 1.165) is 23.5 Å². The van der Waals surface area contributed by atoms with Gasteiger partial charge in [-0.15, -0.1) is 0 Å². The molecule has 1 fully saturated rings. The van der Waals surface area contributed by atoms with E-state index >= 15 is 0 Å².